The quantitative estimate of drug-likeness (QED) is 0.762. The molecule has 0 amide bonds. The summed E-state index contributed by atoms with van der Waals surface area (Å²) in [7, 11) is -6.97. The topological polar surface area (TPSA) is 83.5 Å². The van der Waals surface area contributed by atoms with Crippen LogP contribution < -0.4 is 4.72 Å². The summed E-state index contributed by atoms with van der Waals surface area (Å²) in [5.74, 6) is 0. The Hall–Kier alpha value is -1.74. The average molecular weight is 409 g/mol. The van der Waals surface area contributed by atoms with Crippen LogP contribution in [0.5, 0.6) is 0 Å². The van der Waals surface area contributed by atoms with Crippen molar-refractivity contribution in [2.45, 2.75) is 35.5 Å². The first kappa shape index (κ1) is 20.0. The number of hydrogen-bond acceptors (Lipinski definition) is 4. The summed E-state index contributed by atoms with van der Waals surface area (Å²) in [6, 6.07) is 14.9. The van der Waals surface area contributed by atoms with E-state index in [4.69, 9.17) is 0 Å². The molecule has 146 valence electrons. The smallest absolute Gasteiger partial charge is 0.211 e. The van der Waals surface area contributed by atoms with Gasteiger partial charge in [-0.1, -0.05) is 36.8 Å². The molecule has 0 atom stereocenters. The number of rotatable bonds is 7. The Morgan fingerprint density at radius 2 is 1.41 bits per heavy atom. The zero-order valence-electron chi connectivity index (χ0n) is 15.0. The second kappa shape index (κ2) is 8.52. The molecule has 0 radical (unpaired) electrons. The van der Waals surface area contributed by atoms with E-state index in [1.807, 2.05) is 0 Å². The van der Waals surface area contributed by atoms with Gasteiger partial charge in [0.25, 0.3) is 0 Å². The van der Waals surface area contributed by atoms with E-state index in [0.29, 0.717) is 19.5 Å². The number of piperidine rings is 1. The van der Waals surface area contributed by atoms with Crippen molar-refractivity contribution in [3.63, 3.8) is 0 Å². The van der Waals surface area contributed by atoms with Crippen LogP contribution in [0, 0.1) is 0 Å². The van der Waals surface area contributed by atoms with Crippen LogP contribution in [-0.2, 0) is 26.5 Å². The molecule has 1 heterocycles. The van der Waals surface area contributed by atoms with Gasteiger partial charge in [-0.2, -0.15) is 4.31 Å². The summed E-state index contributed by atoms with van der Waals surface area (Å²) in [6.45, 7) is 1.39. The SMILES string of the molecule is O=S(=O)(NCCc1ccc(S(=O)(=O)N2CCCCC2)cc1)c1ccccc1. The molecular weight excluding hydrogens is 384 g/mol. The summed E-state index contributed by atoms with van der Waals surface area (Å²) in [5.41, 5.74) is 0.878. The van der Waals surface area contributed by atoms with Gasteiger partial charge in [0, 0.05) is 19.6 Å². The van der Waals surface area contributed by atoms with Gasteiger partial charge in [-0.05, 0) is 49.1 Å². The van der Waals surface area contributed by atoms with Crippen LogP contribution in [0.25, 0.3) is 0 Å². The van der Waals surface area contributed by atoms with Crippen LogP contribution in [0.1, 0.15) is 24.8 Å². The molecule has 1 fully saturated rings. The van der Waals surface area contributed by atoms with E-state index < -0.39 is 20.0 Å². The highest BCUT2D eigenvalue weighted by Crippen LogP contribution is 2.21. The Kier molecular flexibility index (Phi) is 6.31. The molecule has 0 bridgehead atoms. The lowest BCUT2D eigenvalue weighted by Gasteiger charge is -2.25. The van der Waals surface area contributed by atoms with E-state index in [-0.39, 0.29) is 16.3 Å². The monoisotopic (exact) mass is 408 g/mol. The Bertz CT molecular complexity index is 951. The number of nitrogens with one attached hydrogen (secondary N) is 1. The van der Waals surface area contributed by atoms with E-state index in [0.717, 1.165) is 24.8 Å². The second-order valence-corrected chi connectivity index (χ2v) is 10.3. The van der Waals surface area contributed by atoms with Gasteiger partial charge in [0.15, 0.2) is 0 Å². The van der Waals surface area contributed by atoms with Gasteiger partial charge in [0.1, 0.15) is 0 Å². The number of benzene rings is 2. The second-order valence-electron chi connectivity index (χ2n) is 6.57. The van der Waals surface area contributed by atoms with Crippen LogP contribution >= 0.6 is 0 Å². The van der Waals surface area contributed by atoms with Crippen molar-refractivity contribution in [2.75, 3.05) is 19.6 Å². The highest BCUT2D eigenvalue weighted by atomic mass is 32.2. The van der Waals surface area contributed by atoms with Gasteiger partial charge in [-0.25, -0.2) is 21.6 Å². The molecule has 0 aliphatic carbocycles. The fourth-order valence-electron chi connectivity index (χ4n) is 3.10. The predicted molar refractivity (Wildman–Crippen MR) is 104 cm³/mol. The molecule has 0 aromatic heterocycles. The van der Waals surface area contributed by atoms with Crippen molar-refractivity contribution >= 4 is 20.0 Å². The lowest BCUT2D eigenvalue weighted by atomic mass is 10.2. The van der Waals surface area contributed by atoms with Crippen LogP contribution in [0.15, 0.2) is 64.4 Å². The Balaban J connectivity index is 1.59. The molecular formula is C19H24N2O4S2. The third kappa shape index (κ3) is 4.95. The van der Waals surface area contributed by atoms with Crippen molar-refractivity contribution in [2.24, 2.45) is 0 Å². The van der Waals surface area contributed by atoms with Gasteiger partial charge >= 0.3 is 0 Å². The van der Waals surface area contributed by atoms with Crippen molar-refractivity contribution in [3.05, 3.63) is 60.2 Å². The van der Waals surface area contributed by atoms with E-state index in [1.54, 1.807) is 58.9 Å². The van der Waals surface area contributed by atoms with E-state index in [9.17, 15) is 16.8 Å². The summed E-state index contributed by atoms with van der Waals surface area (Å²) in [5, 5.41) is 0. The summed E-state index contributed by atoms with van der Waals surface area (Å²) in [4.78, 5) is 0.519. The van der Waals surface area contributed by atoms with Gasteiger partial charge < -0.3 is 0 Å². The molecule has 2 aromatic carbocycles. The Labute approximate surface area is 161 Å². The van der Waals surface area contributed by atoms with Crippen LogP contribution in [0.3, 0.4) is 0 Å². The minimum absolute atomic E-state index is 0.230. The minimum atomic E-state index is -3.53. The molecule has 0 spiro atoms. The van der Waals surface area contributed by atoms with Crippen LogP contribution in [0.2, 0.25) is 0 Å². The average Bonchev–Trinajstić information content (AvgIpc) is 2.70. The normalized spacial score (nSPS) is 16.3. The van der Waals surface area contributed by atoms with Crippen LogP contribution in [-0.4, -0.2) is 40.8 Å². The highest BCUT2D eigenvalue weighted by Gasteiger charge is 2.25. The maximum Gasteiger partial charge on any atom is 0.243 e. The molecule has 3 rings (SSSR count). The third-order valence-electron chi connectivity index (χ3n) is 4.64. The first-order valence-corrected chi connectivity index (χ1v) is 12.0. The van der Waals surface area contributed by atoms with Gasteiger partial charge in [-0.3, -0.25) is 0 Å². The predicted octanol–water partition coefficient (Wildman–Crippen LogP) is 2.38. The van der Waals surface area contributed by atoms with Crippen LogP contribution in [0.4, 0.5) is 0 Å². The van der Waals surface area contributed by atoms with Gasteiger partial charge in [0.2, 0.25) is 20.0 Å². The maximum absolute atomic E-state index is 12.6. The molecule has 1 aliphatic rings. The molecule has 1 aliphatic heterocycles. The number of sulfonamides is 2. The van der Waals surface area contributed by atoms with Gasteiger partial charge in [0.05, 0.1) is 9.79 Å². The van der Waals surface area contributed by atoms with E-state index in [2.05, 4.69) is 4.72 Å². The zero-order valence-corrected chi connectivity index (χ0v) is 16.7. The molecule has 0 unspecified atom stereocenters. The molecule has 27 heavy (non-hydrogen) atoms. The first-order valence-electron chi connectivity index (χ1n) is 9.03. The van der Waals surface area contributed by atoms with Gasteiger partial charge in [-0.15, -0.1) is 0 Å². The minimum Gasteiger partial charge on any atom is -0.211 e. The van der Waals surface area contributed by atoms with Crippen molar-refractivity contribution in [1.29, 1.82) is 0 Å². The Morgan fingerprint density at radius 1 is 0.778 bits per heavy atom. The summed E-state index contributed by atoms with van der Waals surface area (Å²) >= 11 is 0. The van der Waals surface area contributed by atoms with E-state index in [1.165, 1.54) is 0 Å². The first-order chi connectivity index (χ1) is 12.9. The van der Waals surface area contributed by atoms with Crippen molar-refractivity contribution in [3.8, 4) is 0 Å². The molecule has 6 nitrogen and oxygen atoms in total. The number of hydrogen-bond donors (Lipinski definition) is 1. The lowest BCUT2D eigenvalue weighted by molar-refractivity contribution is 0.346. The third-order valence-corrected chi connectivity index (χ3v) is 8.03. The largest absolute Gasteiger partial charge is 0.243 e. The fourth-order valence-corrected chi connectivity index (χ4v) is 5.67. The maximum atomic E-state index is 12.6. The zero-order chi connectivity index (χ0) is 19.3. The summed E-state index contributed by atoms with van der Waals surface area (Å²) < 4.78 is 53.8. The standard InChI is InChI=1S/C19H24N2O4S2/c22-26(23,18-7-3-1-4-8-18)20-14-13-17-9-11-19(12-10-17)27(24,25)21-15-5-2-6-16-21/h1,3-4,7-12,20H,2,5-6,13-16H2. The molecule has 8 heteroatoms. The van der Waals surface area contributed by atoms with Crippen molar-refractivity contribution in [1.82, 2.24) is 9.03 Å². The summed E-state index contributed by atoms with van der Waals surface area (Å²) in [6.07, 6.45) is 3.36. The Morgan fingerprint density at radius 3 is 2.04 bits per heavy atom. The fraction of sp³-hybridized carbons (Fsp3) is 0.368. The van der Waals surface area contributed by atoms with E-state index >= 15 is 0 Å². The van der Waals surface area contributed by atoms with Crippen molar-refractivity contribution < 1.29 is 16.8 Å². The molecule has 1 N–H and O–H groups in total. The molecule has 2 aromatic rings. The molecule has 1 saturated heterocycles. The lowest BCUT2D eigenvalue weighted by Crippen LogP contribution is -2.35. The highest BCUT2D eigenvalue weighted by molar-refractivity contribution is 7.89. The number of nitrogens with zero attached hydrogens (tertiary/aromatic N) is 1. The molecule has 0 saturated carbocycles.